The summed E-state index contributed by atoms with van der Waals surface area (Å²) in [5, 5.41) is 7.12. The number of hydrogen-bond acceptors (Lipinski definition) is 1. The van der Waals surface area contributed by atoms with Gasteiger partial charge in [0.15, 0.2) is 0 Å². The van der Waals surface area contributed by atoms with Gasteiger partial charge in [-0.1, -0.05) is 19.6 Å². The summed E-state index contributed by atoms with van der Waals surface area (Å²) in [4.78, 5) is 8.90. The van der Waals surface area contributed by atoms with Crippen LogP contribution in [0, 0.1) is 0 Å². The molecule has 74 valence electrons. The third kappa shape index (κ3) is 22.5. The Morgan fingerprint density at radius 3 is 1.42 bits per heavy atom. The first kappa shape index (κ1) is 14.7. The Hall–Kier alpha value is 0.207. The van der Waals surface area contributed by atoms with Gasteiger partial charge in [-0.15, -0.1) is 21.8 Å². The highest BCUT2D eigenvalue weighted by Gasteiger charge is 2.38. The van der Waals surface area contributed by atoms with Gasteiger partial charge in [0.1, 0.15) is 5.57 Å². The predicted octanol–water partition coefficient (Wildman–Crippen LogP) is 2.89. The van der Waals surface area contributed by atoms with Gasteiger partial charge in [0.25, 0.3) is 0 Å². The number of hydrogen-bond donors (Lipinski definition) is 1. The van der Waals surface area contributed by atoms with E-state index in [9.17, 15) is 13.2 Å². The first-order valence-corrected chi connectivity index (χ1v) is 9.55. The van der Waals surface area contributed by atoms with Gasteiger partial charge in [0, 0.05) is 0 Å². The van der Waals surface area contributed by atoms with Gasteiger partial charge < -0.3 is 5.11 Å². The molecule has 0 aromatic heterocycles. The van der Waals surface area contributed by atoms with Crippen molar-refractivity contribution in [1.29, 1.82) is 0 Å². The summed E-state index contributed by atoms with van der Waals surface area (Å²) in [6.07, 6.45) is -5.08. The van der Waals surface area contributed by atoms with Crippen LogP contribution in [0.1, 0.15) is 0 Å². The van der Waals surface area contributed by atoms with Gasteiger partial charge in [-0.05, 0) is 0 Å². The molecule has 0 spiro atoms. The largest absolute Gasteiger partial charge is 0.490 e. The number of carbonyl (C=O) groups is 1. The van der Waals surface area contributed by atoms with E-state index in [0.717, 1.165) is 0 Å². The van der Waals surface area contributed by atoms with Crippen molar-refractivity contribution in [3.63, 3.8) is 0 Å². The molecule has 0 fully saturated rings. The summed E-state index contributed by atoms with van der Waals surface area (Å²) in [7, 11) is 0. The van der Waals surface area contributed by atoms with E-state index >= 15 is 0 Å². The first-order valence-electron chi connectivity index (χ1n) is 2.93. The van der Waals surface area contributed by atoms with Gasteiger partial charge >= 0.3 is 12.1 Å². The van der Waals surface area contributed by atoms with Crippen LogP contribution in [0.3, 0.4) is 0 Å². The standard InChI is InChI=1S/C3H9ISi.C2HF3O2/c1-5(2,3)4;3-2(4,5)1(6)7/h1-3H3;(H,6,7). The molecular formula is C5H10F3IO2Si. The Morgan fingerprint density at radius 1 is 1.33 bits per heavy atom. The average Bonchev–Trinajstić information content (AvgIpc) is 1.55. The molecule has 0 saturated carbocycles. The number of alkyl halides is 3. The smallest absolute Gasteiger partial charge is 0.475 e. The number of halogens is 4. The lowest BCUT2D eigenvalue weighted by Crippen LogP contribution is -2.21. The zero-order chi connectivity index (χ0) is 10.6. The van der Waals surface area contributed by atoms with Crippen LogP contribution in [0.15, 0.2) is 0 Å². The van der Waals surface area contributed by atoms with Crippen molar-refractivity contribution in [1.82, 2.24) is 0 Å². The lowest BCUT2D eigenvalue weighted by atomic mass is 10.7. The van der Waals surface area contributed by atoms with E-state index in [1.54, 1.807) is 0 Å². The molecule has 0 aliphatic heterocycles. The van der Waals surface area contributed by atoms with Crippen LogP contribution in [0.25, 0.3) is 0 Å². The molecule has 0 rings (SSSR count). The maximum absolute atomic E-state index is 10.6. The first-order chi connectivity index (χ1) is 4.94. The van der Waals surface area contributed by atoms with Gasteiger partial charge in [0.05, 0.1) is 0 Å². The molecular weight excluding hydrogens is 304 g/mol. The highest BCUT2D eigenvalue weighted by molar-refractivity contribution is 14.1. The molecule has 7 heteroatoms. The van der Waals surface area contributed by atoms with E-state index in [1.807, 2.05) is 0 Å². The zero-order valence-corrected chi connectivity index (χ0v) is 10.0. The molecule has 0 aliphatic rings. The van der Waals surface area contributed by atoms with Gasteiger partial charge in [-0.25, -0.2) is 4.79 Å². The molecule has 0 saturated heterocycles. The van der Waals surface area contributed by atoms with Crippen molar-refractivity contribution >= 4 is 33.3 Å². The van der Waals surface area contributed by atoms with Crippen molar-refractivity contribution in [3.8, 4) is 0 Å². The fourth-order valence-corrected chi connectivity index (χ4v) is 0. The second-order valence-corrected chi connectivity index (χ2v) is 16.7. The molecule has 0 bridgehead atoms. The Kier molecular flexibility index (Phi) is 6.19. The fourth-order valence-electron chi connectivity index (χ4n) is 0. The molecule has 0 aliphatic carbocycles. The minimum Gasteiger partial charge on any atom is -0.475 e. The van der Waals surface area contributed by atoms with E-state index < -0.39 is 17.7 Å². The molecule has 0 heterocycles. The molecule has 0 unspecified atom stereocenters. The van der Waals surface area contributed by atoms with E-state index in [4.69, 9.17) is 9.90 Å². The Labute approximate surface area is 82.4 Å². The quantitative estimate of drug-likeness (QED) is 0.424. The van der Waals surface area contributed by atoms with Crippen LogP contribution in [0.5, 0.6) is 0 Å². The normalized spacial score (nSPS) is 11.6. The van der Waals surface area contributed by atoms with Crippen molar-refractivity contribution in [2.75, 3.05) is 0 Å². The van der Waals surface area contributed by atoms with E-state index in [1.165, 1.54) is 0 Å². The molecule has 0 amide bonds. The molecule has 0 radical (unpaired) electrons. The lowest BCUT2D eigenvalue weighted by molar-refractivity contribution is -0.192. The van der Waals surface area contributed by atoms with Crippen molar-refractivity contribution in [2.45, 2.75) is 25.8 Å². The average molecular weight is 314 g/mol. The lowest BCUT2D eigenvalue weighted by Gasteiger charge is -1.98. The summed E-state index contributed by atoms with van der Waals surface area (Å²) >= 11 is 2.52. The second kappa shape index (κ2) is 5.05. The van der Waals surface area contributed by atoms with Crippen LogP contribution < -0.4 is 0 Å². The third-order valence-corrected chi connectivity index (χ3v) is 0.243. The SMILES string of the molecule is C[Si](C)(C)I.O=C(O)C(F)(F)F. The van der Waals surface area contributed by atoms with E-state index in [0.29, 0.717) is 0 Å². The molecule has 12 heavy (non-hydrogen) atoms. The maximum Gasteiger partial charge on any atom is 0.490 e. The van der Waals surface area contributed by atoms with E-state index in [2.05, 4.69) is 41.4 Å². The van der Waals surface area contributed by atoms with Gasteiger partial charge in [-0.2, -0.15) is 13.2 Å². The van der Waals surface area contributed by atoms with Crippen LogP contribution in [-0.2, 0) is 4.79 Å². The molecule has 0 aromatic rings. The number of rotatable bonds is 0. The zero-order valence-electron chi connectivity index (χ0n) is 6.87. The van der Waals surface area contributed by atoms with Crippen LogP contribution in [0.4, 0.5) is 13.2 Å². The second-order valence-electron chi connectivity index (χ2n) is 2.87. The summed E-state index contributed by atoms with van der Waals surface area (Å²) in [5.41, 5.74) is -0.641. The molecule has 1 N–H and O–H groups in total. The summed E-state index contributed by atoms with van der Waals surface area (Å²) in [5.74, 6) is -2.76. The van der Waals surface area contributed by atoms with Crippen molar-refractivity contribution in [3.05, 3.63) is 0 Å². The van der Waals surface area contributed by atoms with Crippen LogP contribution >= 0.6 is 21.8 Å². The van der Waals surface area contributed by atoms with Crippen LogP contribution in [-0.4, -0.2) is 22.8 Å². The van der Waals surface area contributed by atoms with Gasteiger partial charge in [-0.3, -0.25) is 0 Å². The van der Waals surface area contributed by atoms with Crippen LogP contribution in [0.2, 0.25) is 19.6 Å². The summed E-state index contributed by atoms with van der Waals surface area (Å²) in [6.45, 7) is 6.94. The minimum atomic E-state index is -5.08. The number of carboxylic acids is 1. The topological polar surface area (TPSA) is 37.3 Å². The maximum atomic E-state index is 10.6. The number of carboxylic acid groups (broad SMARTS) is 1. The monoisotopic (exact) mass is 314 g/mol. The summed E-state index contributed by atoms with van der Waals surface area (Å²) < 4.78 is 31.7. The van der Waals surface area contributed by atoms with Crippen molar-refractivity contribution in [2.24, 2.45) is 0 Å². The highest BCUT2D eigenvalue weighted by atomic mass is 127. The number of aliphatic carboxylic acids is 1. The molecule has 0 aromatic carbocycles. The van der Waals surface area contributed by atoms with E-state index in [-0.39, 0.29) is 0 Å². The molecule has 0 atom stereocenters. The summed E-state index contributed by atoms with van der Waals surface area (Å²) in [6, 6.07) is 0. The molecule has 2 nitrogen and oxygen atoms in total. The Balaban J connectivity index is 0. The fraction of sp³-hybridized carbons (Fsp3) is 0.800. The third-order valence-electron chi connectivity index (χ3n) is 0.243. The minimum absolute atomic E-state index is 0.641. The Morgan fingerprint density at radius 2 is 1.42 bits per heavy atom. The Bertz CT molecular complexity index is 146. The van der Waals surface area contributed by atoms with Crippen molar-refractivity contribution < 1.29 is 23.1 Å². The highest BCUT2D eigenvalue weighted by Crippen LogP contribution is 2.13. The predicted molar refractivity (Wildman–Crippen MR) is 51.1 cm³/mol. The van der Waals surface area contributed by atoms with Gasteiger partial charge in [0.2, 0.25) is 0 Å².